The monoisotopic (exact) mass is 249 g/mol. The molecule has 98 valence electrons. The number of hydrogen-bond donors (Lipinski definition) is 1. The van der Waals surface area contributed by atoms with Gasteiger partial charge in [0.25, 0.3) is 5.91 Å². The van der Waals surface area contributed by atoms with Crippen LogP contribution < -0.4 is 5.73 Å². The van der Waals surface area contributed by atoms with Gasteiger partial charge in [-0.3, -0.25) is 9.69 Å². The van der Waals surface area contributed by atoms with Gasteiger partial charge in [-0.1, -0.05) is 0 Å². The Morgan fingerprint density at radius 2 is 2.00 bits per heavy atom. The molecule has 1 aromatic heterocycles. The Labute approximate surface area is 107 Å². The Balaban J connectivity index is 1.59. The average Bonchev–Trinajstić information content (AvgIpc) is 3.16. The van der Waals surface area contributed by atoms with E-state index in [1.807, 2.05) is 4.90 Å². The van der Waals surface area contributed by atoms with Gasteiger partial charge in [0.15, 0.2) is 5.76 Å². The maximum absolute atomic E-state index is 12.2. The summed E-state index contributed by atoms with van der Waals surface area (Å²) in [6.07, 6.45) is 2.65. The van der Waals surface area contributed by atoms with E-state index in [1.165, 1.54) is 12.8 Å². The SMILES string of the molecule is NCc1ccc(C(=O)N2CCN(C3CC3)CC2)o1. The molecule has 5 heteroatoms. The minimum atomic E-state index is -0.00912. The van der Waals surface area contributed by atoms with E-state index in [4.69, 9.17) is 10.2 Å². The van der Waals surface area contributed by atoms with E-state index in [0.717, 1.165) is 32.2 Å². The van der Waals surface area contributed by atoms with Crippen molar-refractivity contribution in [3.05, 3.63) is 23.7 Å². The van der Waals surface area contributed by atoms with Gasteiger partial charge < -0.3 is 15.1 Å². The van der Waals surface area contributed by atoms with Gasteiger partial charge in [0, 0.05) is 32.2 Å². The first-order valence-electron chi connectivity index (χ1n) is 6.60. The molecule has 0 bridgehead atoms. The van der Waals surface area contributed by atoms with E-state index in [1.54, 1.807) is 12.1 Å². The van der Waals surface area contributed by atoms with Gasteiger partial charge in [0.05, 0.1) is 6.54 Å². The summed E-state index contributed by atoms with van der Waals surface area (Å²) in [6.45, 7) is 3.91. The van der Waals surface area contributed by atoms with Gasteiger partial charge >= 0.3 is 0 Å². The topological polar surface area (TPSA) is 62.7 Å². The molecule has 2 aliphatic rings. The molecular formula is C13H19N3O2. The van der Waals surface area contributed by atoms with Crippen LogP contribution in [-0.2, 0) is 6.54 Å². The lowest BCUT2D eigenvalue weighted by molar-refractivity contribution is 0.0595. The lowest BCUT2D eigenvalue weighted by atomic mass is 10.3. The van der Waals surface area contributed by atoms with Crippen LogP contribution in [0.25, 0.3) is 0 Å². The Morgan fingerprint density at radius 3 is 2.56 bits per heavy atom. The van der Waals surface area contributed by atoms with Crippen molar-refractivity contribution in [1.29, 1.82) is 0 Å². The molecule has 5 nitrogen and oxygen atoms in total. The first-order chi connectivity index (χ1) is 8.78. The lowest BCUT2D eigenvalue weighted by Gasteiger charge is -2.34. The summed E-state index contributed by atoms with van der Waals surface area (Å²) in [5.74, 6) is 1.07. The Kier molecular flexibility index (Phi) is 3.09. The molecule has 0 spiro atoms. The van der Waals surface area contributed by atoms with Crippen molar-refractivity contribution in [2.24, 2.45) is 5.73 Å². The maximum atomic E-state index is 12.2. The van der Waals surface area contributed by atoms with Crippen LogP contribution in [0, 0.1) is 0 Å². The van der Waals surface area contributed by atoms with Gasteiger partial charge in [-0.2, -0.15) is 0 Å². The van der Waals surface area contributed by atoms with Crippen molar-refractivity contribution >= 4 is 5.91 Å². The summed E-state index contributed by atoms with van der Waals surface area (Å²) in [7, 11) is 0. The van der Waals surface area contributed by atoms with Crippen LogP contribution in [0.1, 0.15) is 29.2 Å². The summed E-state index contributed by atoms with van der Waals surface area (Å²) in [6, 6.07) is 4.28. The second kappa shape index (κ2) is 4.74. The van der Waals surface area contributed by atoms with Crippen LogP contribution in [-0.4, -0.2) is 47.9 Å². The fraction of sp³-hybridized carbons (Fsp3) is 0.615. The van der Waals surface area contributed by atoms with Gasteiger partial charge in [-0.05, 0) is 25.0 Å². The van der Waals surface area contributed by atoms with Crippen LogP contribution in [0.3, 0.4) is 0 Å². The van der Waals surface area contributed by atoms with Gasteiger partial charge in [0.2, 0.25) is 0 Å². The summed E-state index contributed by atoms with van der Waals surface area (Å²) in [5, 5.41) is 0. The molecule has 0 radical (unpaired) electrons. The molecule has 1 saturated carbocycles. The van der Waals surface area contributed by atoms with Crippen LogP contribution in [0.4, 0.5) is 0 Å². The smallest absolute Gasteiger partial charge is 0.289 e. The number of amides is 1. The lowest BCUT2D eigenvalue weighted by Crippen LogP contribution is -2.49. The molecule has 1 aliphatic heterocycles. The van der Waals surface area contributed by atoms with Crippen LogP contribution in [0.2, 0.25) is 0 Å². The molecule has 18 heavy (non-hydrogen) atoms. The molecule has 0 aromatic carbocycles. The molecule has 1 aromatic rings. The van der Waals surface area contributed by atoms with Crippen molar-refractivity contribution in [1.82, 2.24) is 9.80 Å². The van der Waals surface area contributed by atoms with E-state index in [0.29, 0.717) is 18.1 Å². The largest absolute Gasteiger partial charge is 0.455 e. The van der Waals surface area contributed by atoms with Crippen LogP contribution >= 0.6 is 0 Å². The third-order valence-electron chi connectivity index (χ3n) is 3.74. The van der Waals surface area contributed by atoms with Gasteiger partial charge in [-0.25, -0.2) is 0 Å². The highest BCUT2D eigenvalue weighted by molar-refractivity contribution is 5.91. The third kappa shape index (κ3) is 2.28. The molecule has 2 heterocycles. The van der Waals surface area contributed by atoms with Crippen LogP contribution in [0.5, 0.6) is 0 Å². The number of nitrogens with zero attached hydrogens (tertiary/aromatic N) is 2. The summed E-state index contributed by atoms with van der Waals surface area (Å²) in [5.41, 5.74) is 5.47. The van der Waals surface area contributed by atoms with Crippen molar-refractivity contribution < 1.29 is 9.21 Å². The van der Waals surface area contributed by atoms with E-state index < -0.39 is 0 Å². The van der Waals surface area contributed by atoms with Gasteiger partial charge in [-0.15, -0.1) is 0 Å². The molecular weight excluding hydrogens is 230 g/mol. The first-order valence-corrected chi connectivity index (χ1v) is 6.60. The number of rotatable bonds is 3. The summed E-state index contributed by atoms with van der Waals surface area (Å²) >= 11 is 0. The molecule has 0 unspecified atom stereocenters. The second-order valence-corrected chi connectivity index (χ2v) is 5.03. The number of carbonyl (C=O) groups is 1. The van der Waals surface area contributed by atoms with Gasteiger partial charge in [0.1, 0.15) is 5.76 Å². The zero-order valence-corrected chi connectivity index (χ0v) is 10.5. The number of furan rings is 1. The van der Waals surface area contributed by atoms with Crippen LogP contribution in [0.15, 0.2) is 16.5 Å². The maximum Gasteiger partial charge on any atom is 0.289 e. The predicted octanol–water partition coefficient (Wildman–Crippen LogP) is 0.658. The Bertz CT molecular complexity index is 431. The quantitative estimate of drug-likeness (QED) is 0.854. The third-order valence-corrected chi connectivity index (χ3v) is 3.74. The molecule has 3 rings (SSSR count). The van der Waals surface area contributed by atoms with E-state index >= 15 is 0 Å². The molecule has 2 N–H and O–H groups in total. The highest BCUT2D eigenvalue weighted by Gasteiger charge is 2.32. The normalized spacial score (nSPS) is 21.3. The zero-order chi connectivity index (χ0) is 12.5. The number of piperazine rings is 1. The highest BCUT2D eigenvalue weighted by Crippen LogP contribution is 2.27. The zero-order valence-electron chi connectivity index (χ0n) is 10.5. The fourth-order valence-electron chi connectivity index (χ4n) is 2.49. The molecule has 2 fully saturated rings. The van der Waals surface area contributed by atoms with E-state index in [9.17, 15) is 4.79 Å². The van der Waals surface area contributed by atoms with E-state index in [-0.39, 0.29) is 5.91 Å². The van der Waals surface area contributed by atoms with Crippen molar-refractivity contribution in [2.45, 2.75) is 25.4 Å². The molecule has 1 saturated heterocycles. The van der Waals surface area contributed by atoms with E-state index in [2.05, 4.69) is 4.90 Å². The highest BCUT2D eigenvalue weighted by atomic mass is 16.4. The fourth-order valence-corrected chi connectivity index (χ4v) is 2.49. The molecule has 1 amide bonds. The first kappa shape index (κ1) is 11.7. The minimum absolute atomic E-state index is 0.00912. The summed E-state index contributed by atoms with van der Waals surface area (Å²) in [4.78, 5) is 16.6. The number of carbonyl (C=O) groups excluding carboxylic acids is 1. The van der Waals surface area contributed by atoms with Crippen molar-refractivity contribution in [2.75, 3.05) is 26.2 Å². The summed E-state index contributed by atoms with van der Waals surface area (Å²) < 4.78 is 5.40. The van der Waals surface area contributed by atoms with Crippen molar-refractivity contribution in [3.8, 4) is 0 Å². The molecule has 1 aliphatic carbocycles. The molecule has 0 atom stereocenters. The predicted molar refractivity (Wildman–Crippen MR) is 67.1 cm³/mol. The Hall–Kier alpha value is -1.33. The average molecular weight is 249 g/mol. The number of nitrogens with two attached hydrogens (primary N) is 1. The second-order valence-electron chi connectivity index (χ2n) is 5.03. The van der Waals surface area contributed by atoms with Crippen molar-refractivity contribution in [3.63, 3.8) is 0 Å². The Morgan fingerprint density at radius 1 is 1.28 bits per heavy atom. The standard InChI is InChI=1S/C13H19N3O2/c14-9-11-3-4-12(18-11)13(17)16-7-5-15(6-8-16)10-1-2-10/h3-4,10H,1-2,5-9,14H2. The minimum Gasteiger partial charge on any atom is -0.455 e. The number of hydrogen-bond acceptors (Lipinski definition) is 4.